The second kappa shape index (κ2) is 7.77. The number of piperazine rings is 1. The Morgan fingerprint density at radius 3 is 2.38 bits per heavy atom. The normalized spacial score (nSPS) is 20.5. The van der Waals surface area contributed by atoms with Crippen molar-refractivity contribution in [2.45, 2.75) is 31.5 Å². The monoisotopic (exact) mass is 386 g/mol. The highest BCUT2D eigenvalue weighted by Crippen LogP contribution is 2.45. The molecule has 1 heterocycles. The Bertz CT molecular complexity index is 570. The maximum absolute atomic E-state index is 14.6. The predicted octanol–water partition coefficient (Wildman–Crippen LogP) is 4.67. The summed E-state index contributed by atoms with van der Waals surface area (Å²) in [7, 11) is 0. The van der Waals surface area contributed by atoms with Crippen molar-refractivity contribution in [1.82, 2.24) is 10.2 Å². The highest BCUT2D eigenvalue weighted by molar-refractivity contribution is 6.30. The van der Waals surface area contributed by atoms with E-state index in [9.17, 15) is 17.6 Å². The van der Waals surface area contributed by atoms with Crippen LogP contribution in [0.2, 0.25) is 5.02 Å². The van der Waals surface area contributed by atoms with Gasteiger partial charge in [-0.25, -0.2) is 4.39 Å². The number of hydrogen-bond acceptors (Lipinski definition) is 2. The Morgan fingerprint density at radius 2 is 1.83 bits per heavy atom. The molecule has 0 bridgehead atoms. The second-order valence-corrected chi connectivity index (χ2v) is 6.71. The zero-order chi connectivity index (χ0) is 16.6. The summed E-state index contributed by atoms with van der Waals surface area (Å²) < 4.78 is 54.8. The fourth-order valence-corrected chi connectivity index (χ4v) is 3.42. The number of nitrogens with one attached hydrogen (secondary N) is 1. The third-order valence-corrected chi connectivity index (χ3v) is 4.91. The van der Waals surface area contributed by atoms with E-state index >= 15 is 0 Å². The first-order chi connectivity index (χ1) is 10.9. The average Bonchev–Trinajstić information content (AvgIpc) is 3.32. The van der Waals surface area contributed by atoms with Gasteiger partial charge in [-0.05, 0) is 24.5 Å². The van der Waals surface area contributed by atoms with E-state index in [1.165, 1.54) is 0 Å². The molecule has 2 nitrogen and oxygen atoms in total. The largest absolute Gasteiger partial charge is 0.416 e. The van der Waals surface area contributed by atoms with Crippen molar-refractivity contribution >= 4 is 24.0 Å². The summed E-state index contributed by atoms with van der Waals surface area (Å²) in [5.74, 6) is -0.542. The van der Waals surface area contributed by atoms with Gasteiger partial charge in [0.15, 0.2) is 0 Å². The number of nitrogens with zero attached hydrogens (tertiary/aromatic N) is 1. The molecule has 1 aromatic carbocycles. The molecule has 1 atom stereocenters. The molecule has 0 aromatic heterocycles. The Balaban J connectivity index is 0.00000208. The van der Waals surface area contributed by atoms with Crippen LogP contribution in [0.1, 0.15) is 36.4 Å². The first kappa shape index (κ1) is 19.8. The van der Waals surface area contributed by atoms with Crippen LogP contribution in [0.5, 0.6) is 0 Å². The zero-order valence-electron chi connectivity index (χ0n) is 13.0. The summed E-state index contributed by atoms with van der Waals surface area (Å²) in [5.41, 5.74) is -1.18. The number of alkyl halides is 3. The third kappa shape index (κ3) is 4.34. The van der Waals surface area contributed by atoms with Crippen LogP contribution in [0, 0.1) is 11.7 Å². The van der Waals surface area contributed by atoms with Crippen molar-refractivity contribution in [3.63, 3.8) is 0 Å². The lowest BCUT2D eigenvalue weighted by atomic mass is 9.93. The van der Waals surface area contributed by atoms with E-state index in [4.69, 9.17) is 11.6 Å². The quantitative estimate of drug-likeness (QED) is 0.756. The van der Waals surface area contributed by atoms with Crippen LogP contribution in [-0.4, -0.2) is 31.1 Å². The highest BCUT2D eigenvalue weighted by Gasteiger charge is 2.41. The summed E-state index contributed by atoms with van der Waals surface area (Å²) in [5, 5.41) is 2.93. The van der Waals surface area contributed by atoms with Crippen LogP contribution in [-0.2, 0) is 6.18 Å². The molecule has 8 heteroatoms. The Kier molecular flexibility index (Phi) is 6.40. The second-order valence-electron chi connectivity index (χ2n) is 6.30. The van der Waals surface area contributed by atoms with Gasteiger partial charge in [-0.2, -0.15) is 13.2 Å². The van der Waals surface area contributed by atoms with Crippen LogP contribution in [0.3, 0.4) is 0 Å². The van der Waals surface area contributed by atoms with Crippen LogP contribution >= 0.6 is 24.0 Å². The van der Waals surface area contributed by atoms with Crippen molar-refractivity contribution in [2.24, 2.45) is 5.92 Å². The Labute approximate surface area is 149 Å². The van der Waals surface area contributed by atoms with E-state index in [0.29, 0.717) is 38.5 Å². The van der Waals surface area contributed by atoms with Crippen molar-refractivity contribution in [3.8, 4) is 0 Å². The lowest BCUT2D eigenvalue weighted by Crippen LogP contribution is -2.45. The minimum Gasteiger partial charge on any atom is -0.314 e. The molecule has 1 aliphatic carbocycles. The molecule has 1 aliphatic heterocycles. The molecule has 0 radical (unpaired) electrons. The van der Waals surface area contributed by atoms with Crippen LogP contribution in [0.25, 0.3) is 0 Å². The maximum Gasteiger partial charge on any atom is 0.416 e. The number of hydrogen-bond donors (Lipinski definition) is 1. The molecule has 1 saturated carbocycles. The molecule has 1 aromatic rings. The molecule has 1 N–H and O–H groups in total. The fourth-order valence-electron chi connectivity index (χ4n) is 3.25. The zero-order valence-corrected chi connectivity index (χ0v) is 14.6. The van der Waals surface area contributed by atoms with Gasteiger partial charge in [0.1, 0.15) is 5.82 Å². The van der Waals surface area contributed by atoms with E-state index in [0.717, 1.165) is 25.0 Å². The molecule has 24 heavy (non-hydrogen) atoms. The molecular weight excluding hydrogens is 367 g/mol. The molecule has 136 valence electrons. The summed E-state index contributed by atoms with van der Waals surface area (Å²) >= 11 is 5.80. The molecule has 0 amide bonds. The van der Waals surface area contributed by atoms with Crippen molar-refractivity contribution in [2.75, 3.05) is 26.2 Å². The van der Waals surface area contributed by atoms with Crippen molar-refractivity contribution in [3.05, 3.63) is 34.1 Å². The van der Waals surface area contributed by atoms with E-state index in [-0.39, 0.29) is 23.0 Å². The first-order valence-electron chi connectivity index (χ1n) is 7.88. The lowest BCUT2D eigenvalue weighted by molar-refractivity contribution is -0.139. The predicted molar refractivity (Wildman–Crippen MR) is 88.2 cm³/mol. The van der Waals surface area contributed by atoms with Crippen LogP contribution < -0.4 is 5.32 Å². The summed E-state index contributed by atoms with van der Waals surface area (Å²) in [6, 6.07) is 1.33. The highest BCUT2D eigenvalue weighted by atomic mass is 35.5. The molecule has 2 fully saturated rings. The maximum atomic E-state index is 14.6. The van der Waals surface area contributed by atoms with Gasteiger partial charge >= 0.3 is 6.18 Å². The third-order valence-electron chi connectivity index (χ3n) is 4.62. The number of halogens is 6. The van der Waals surface area contributed by atoms with Gasteiger partial charge in [0, 0.05) is 37.8 Å². The molecular formula is C16H20Cl2F4N2. The topological polar surface area (TPSA) is 15.3 Å². The van der Waals surface area contributed by atoms with Crippen molar-refractivity contribution < 1.29 is 17.6 Å². The molecule has 2 aliphatic rings. The number of benzene rings is 1. The first-order valence-corrected chi connectivity index (χ1v) is 8.25. The van der Waals surface area contributed by atoms with Crippen LogP contribution in [0.4, 0.5) is 17.6 Å². The molecule has 0 unspecified atom stereocenters. The van der Waals surface area contributed by atoms with Gasteiger partial charge < -0.3 is 5.32 Å². The summed E-state index contributed by atoms with van der Waals surface area (Å²) in [6.07, 6.45) is -2.02. The van der Waals surface area contributed by atoms with Crippen LogP contribution in [0.15, 0.2) is 12.1 Å². The van der Waals surface area contributed by atoms with E-state index in [1.54, 1.807) is 0 Å². The SMILES string of the molecule is Cl.Fc1c(Cl)ccc(C(F)(F)F)c1[C@H](CC1CC1)N1CCNCC1. The standard InChI is InChI=1S/C16H19ClF4N2.ClH/c17-12-4-3-11(16(19,20)21)14(15(12)18)13(9-10-1-2-10)23-7-5-22-6-8-23;/h3-4,10,13,22H,1-2,5-9H2;1H/t13-;/m0./s1. The number of rotatable bonds is 4. The molecule has 1 saturated heterocycles. The smallest absolute Gasteiger partial charge is 0.314 e. The van der Waals surface area contributed by atoms with Crippen molar-refractivity contribution in [1.29, 1.82) is 0 Å². The van der Waals surface area contributed by atoms with Gasteiger partial charge in [-0.1, -0.05) is 24.4 Å². The van der Waals surface area contributed by atoms with Gasteiger partial charge in [0.2, 0.25) is 0 Å². The molecule has 0 spiro atoms. The summed E-state index contributed by atoms with van der Waals surface area (Å²) in [6.45, 7) is 2.62. The molecule has 3 rings (SSSR count). The van der Waals surface area contributed by atoms with Gasteiger partial charge in [0.25, 0.3) is 0 Å². The lowest BCUT2D eigenvalue weighted by Gasteiger charge is -2.36. The minimum absolute atomic E-state index is 0. The van der Waals surface area contributed by atoms with Gasteiger partial charge in [0.05, 0.1) is 10.6 Å². The Hall–Kier alpha value is -0.560. The Morgan fingerprint density at radius 1 is 1.21 bits per heavy atom. The summed E-state index contributed by atoms with van der Waals surface area (Å²) in [4.78, 5) is 1.96. The van der Waals surface area contributed by atoms with E-state index in [1.807, 2.05) is 4.90 Å². The van der Waals surface area contributed by atoms with E-state index in [2.05, 4.69) is 5.32 Å². The fraction of sp³-hybridized carbons (Fsp3) is 0.625. The van der Waals surface area contributed by atoms with Gasteiger partial charge in [-0.15, -0.1) is 12.4 Å². The van der Waals surface area contributed by atoms with E-state index < -0.39 is 23.6 Å². The van der Waals surface area contributed by atoms with Gasteiger partial charge in [-0.3, -0.25) is 4.90 Å². The minimum atomic E-state index is -4.59. The average molecular weight is 387 g/mol.